The first-order valence-corrected chi connectivity index (χ1v) is 5.34. The minimum Gasteiger partial charge on any atom is -0.379 e. The molecule has 0 unspecified atom stereocenters. The number of nitrogens with zero attached hydrogens (tertiary/aromatic N) is 2. The number of rotatable bonds is 1. The molecule has 2 N–H and O–H groups in total. The second-order valence-corrected chi connectivity index (χ2v) is 3.92. The van der Waals surface area contributed by atoms with Crippen LogP contribution in [0.25, 0.3) is 5.69 Å². The number of para-hydroxylation sites is 1. The number of anilines is 1. The lowest BCUT2D eigenvalue weighted by atomic mass is 10.2. The first-order valence-electron chi connectivity index (χ1n) is 5.34. The van der Waals surface area contributed by atoms with Crippen molar-refractivity contribution in [2.75, 3.05) is 5.73 Å². The number of nitrogen functional groups attached to an aromatic ring is 1. The summed E-state index contributed by atoms with van der Waals surface area (Å²) in [6.45, 7) is 1.18. The third kappa shape index (κ3) is 2.31. The molecule has 0 saturated heterocycles. The maximum absolute atomic E-state index is 12.9. The van der Waals surface area contributed by atoms with Crippen molar-refractivity contribution in [3.63, 3.8) is 0 Å². The number of halogens is 3. The molecule has 7 heteroatoms. The lowest BCUT2D eigenvalue weighted by molar-refractivity contribution is -0.139. The number of nitrogens with two attached hydrogens (primary N) is 1. The van der Waals surface area contributed by atoms with Crippen molar-refractivity contribution in [2.45, 2.75) is 13.1 Å². The SMILES string of the molecule is Cc1c(C(F)(F)F)c(=O)c(N)nn1-c1ccccc1. The predicted molar refractivity (Wildman–Crippen MR) is 64.0 cm³/mol. The zero-order chi connectivity index (χ0) is 14.2. The smallest absolute Gasteiger partial charge is 0.379 e. The van der Waals surface area contributed by atoms with Crippen LogP contribution in [0.1, 0.15) is 11.3 Å². The van der Waals surface area contributed by atoms with Gasteiger partial charge in [0.05, 0.1) is 11.4 Å². The van der Waals surface area contributed by atoms with Crippen LogP contribution in [0.5, 0.6) is 0 Å². The average molecular weight is 269 g/mol. The Labute approximate surface area is 106 Å². The van der Waals surface area contributed by atoms with Crippen LogP contribution in [0.2, 0.25) is 0 Å². The number of hydrogen-bond acceptors (Lipinski definition) is 3. The Balaban J connectivity index is 2.80. The standard InChI is InChI=1S/C12H10F3N3O/c1-7-9(12(13,14)15)10(19)11(16)17-18(7)8-5-3-2-4-6-8/h2-6H,1H3,(H2,16,17). The van der Waals surface area contributed by atoms with Crippen molar-refractivity contribution in [1.29, 1.82) is 0 Å². The fourth-order valence-electron chi connectivity index (χ4n) is 1.78. The Morgan fingerprint density at radius 1 is 1.21 bits per heavy atom. The normalized spacial score (nSPS) is 11.6. The molecule has 1 aromatic carbocycles. The summed E-state index contributed by atoms with van der Waals surface area (Å²) in [5.74, 6) is -0.679. The molecule has 0 atom stereocenters. The zero-order valence-electron chi connectivity index (χ0n) is 9.90. The summed E-state index contributed by atoms with van der Waals surface area (Å²) < 4.78 is 39.7. The molecule has 4 nitrogen and oxygen atoms in total. The number of benzene rings is 1. The average Bonchev–Trinajstić information content (AvgIpc) is 2.33. The van der Waals surface area contributed by atoms with Crippen molar-refractivity contribution >= 4 is 5.82 Å². The monoisotopic (exact) mass is 269 g/mol. The van der Waals surface area contributed by atoms with E-state index in [1.807, 2.05) is 0 Å². The summed E-state index contributed by atoms with van der Waals surface area (Å²) in [6, 6.07) is 8.17. The Morgan fingerprint density at radius 3 is 2.32 bits per heavy atom. The van der Waals surface area contributed by atoms with Crippen LogP contribution in [0.4, 0.5) is 19.0 Å². The molecule has 2 rings (SSSR count). The molecule has 2 aromatic rings. The summed E-state index contributed by atoms with van der Waals surface area (Å²) in [4.78, 5) is 11.5. The van der Waals surface area contributed by atoms with E-state index >= 15 is 0 Å². The van der Waals surface area contributed by atoms with Gasteiger partial charge in [-0.25, -0.2) is 4.68 Å². The van der Waals surface area contributed by atoms with E-state index in [0.29, 0.717) is 5.69 Å². The zero-order valence-corrected chi connectivity index (χ0v) is 9.90. The van der Waals surface area contributed by atoms with Crippen molar-refractivity contribution in [2.24, 2.45) is 0 Å². The van der Waals surface area contributed by atoms with Gasteiger partial charge in [0.2, 0.25) is 5.43 Å². The van der Waals surface area contributed by atoms with Crippen molar-refractivity contribution in [1.82, 2.24) is 9.78 Å². The van der Waals surface area contributed by atoms with Gasteiger partial charge in [-0.2, -0.15) is 13.2 Å². The molecule has 19 heavy (non-hydrogen) atoms. The van der Waals surface area contributed by atoms with Gasteiger partial charge in [-0.3, -0.25) is 4.79 Å². The van der Waals surface area contributed by atoms with Gasteiger partial charge in [0.25, 0.3) is 0 Å². The molecule has 0 aliphatic rings. The summed E-state index contributed by atoms with van der Waals surface area (Å²) in [5, 5.41) is 3.70. The summed E-state index contributed by atoms with van der Waals surface area (Å²) in [5.41, 5.74) is 2.80. The van der Waals surface area contributed by atoms with E-state index < -0.39 is 23.0 Å². The van der Waals surface area contributed by atoms with Gasteiger partial charge in [-0.1, -0.05) is 18.2 Å². The number of alkyl halides is 3. The molecule has 1 aromatic heterocycles. The van der Waals surface area contributed by atoms with Crippen LogP contribution in [-0.2, 0) is 6.18 Å². The predicted octanol–water partition coefficient (Wildman–Crippen LogP) is 2.14. The number of aromatic nitrogens is 2. The fraction of sp³-hybridized carbons (Fsp3) is 0.167. The molecular weight excluding hydrogens is 259 g/mol. The first-order chi connectivity index (χ1) is 8.82. The third-order valence-corrected chi connectivity index (χ3v) is 2.63. The van der Waals surface area contributed by atoms with Crippen LogP contribution in [0.15, 0.2) is 35.1 Å². The van der Waals surface area contributed by atoms with E-state index in [0.717, 1.165) is 4.68 Å². The Hall–Kier alpha value is -2.31. The Morgan fingerprint density at radius 2 is 1.79 bits per heavy atom. The quantitative estimate of drug-likeness (QED) is 0.862. The molecule has 0 amide bonds. The van der Waals surface area contributed by atoms with Gasteiger partial charge in [0.15, 0.2) is 5.82 Å². The van der Waals surface area contributed by atoms with Gasteiger partial charge < -0.3 is 5.73 Å². The number of hydrogen-bond donors (Lipinski definition) is 1. The molecule has 100 valence electrons. The highest BCUT2D eigenvalue weighted by molar-refractivity contribution is 5.41. The van der Waals surface area contributed by atoms with Crippen LogP contribution >= 0.6 is 0 Å². The highest BCUT2D eigenvalue weighted by atomic mass is 19.4. The third-order valence-electron chi connectivity index (χ3n) is 2.63. The largest absolute Gasteiger partial charge is 0.422 e. The van der Waals surface area contributed by atoms with E-state index in [9.17, 15) is 18.0 Å². The lowest BCUT2D eigenvalue weighted by Gasteiger charge is -2.15. The van der Waals surface area contributed by atoms with Gasteiger partial charge in [-0.05, 0) is 19.1 Å². The minimum atomic E-state index is -4.77. The van der Waals surface area contributed by atoms with Crippen LogP contribution in [0.3, 0.4) is 0 Å². The Bertz CT molecular complexity index is 662. The first kappa shape index (κ1) is 13.1. The van der Waals surface area contributed by atoms with E-state index in [1.54, 1.807) is 30.3 Å². The second-order valence-electron chi connectivity index (χ2n) is 3.92. The van der Waals surface area contributed by atoms with Gasteiger partial charge in [0, 0.05) is 0 Å². The van der Waals surface area contributed by atoms with E-state index in [2.05, 4.69) is 5.10 Å². The maximum atomic E-state index is 12.9. The molecule has 0 saturated carbocycles. The maximum Gasteiger partial charge on any atom is 0.422 e. The van der Waals surface area contributed by atoms with Gasteiger partial charge >= 0.3 is 6.18 Å². The molecule has 0 aliphatic heterocycles. The second kappa shape index (κ2) is 4.42. The molecule has 1 heterocycles. The molecule has 0 aliphatic carbocycles. The molecule has 0 spiro atoms. The van der Waals surface area contributed by atoms with Crippen LogP contribution < -0.4 is 11.2 Å². The topological polar surface area (TPSA) is 60.9 Å². The minimum absolute atomic E-state index is 0.294. The van der Waals surface area contributed by atoms with Gasteiger partial charge in [0.1, 0.15) is 5.56 Å². The summed E-state index contributed by atoms with van der Waals surface area (Å²) >= 11 is 0. The highest BCUT2D eigenvalue weighted by Crippen LogP contribution is 2.30. The fourth-order valence-corrected chi connectivity index (χ4v) is 1.78. The molecule has 0 radical (unpaired) electrons. The van der Waals surface area contributed by atoms with E-state index in [1.165, 1.54) is 6.92 Å². The van der Waals surface area contributed by atoms with E-state index in [-0.39, 0.29) is 5.69 Å². The van der Waals surface area contributed by atoms with Crippen LogP contribution in [0, 0.1) is 6.92 Å². The summed E-state index contributed by atoms with van der Waals surface area (Å²) in [7, 11) is 0. The van der Waals surface area contributed by atoms with Gasteiger partial charge in [-0.15, -0.1) is 5.10 Å². The Kier molecular flexibility index (Phi) is 3.05. The molecular formula is C12H10F3N3O. The van der Waals surface area contributed by atoms with Crippen molar-refractivity contribution in [3.8, 4) is 5.69 Å². The summed E-state index contributed by atoms with van der Waals surface area (Å²) in [6.07, 6.45) is -4.77. The highest BCUT2D eigenvalue weighted by Gasteiger charge is 2.38. The van der Waals surface area contributed by atoms with Crippen molar-refractivity contribution < 1.29 is 13.2 Å². The molecule has 0 bridgehead atoms. The van der Waals surface area contributed by atoms with Crippen molar-refractivity contribution in [3.05, 3.63) is 51.8 Å². The lowest BCUT2D eigenvalue weighted by Crippen LogP contribution is -2.28. The van der Waals surface area contributed by atoms with E-state index in [4.69, 9.17) is 5.73 Å². The van der Waals surface area contributed by atoms with Crippen LogP contribution in [-0.4, -0.2) is 9.78 Å². The molecule has 0 fully saturated rings.